The van der Waals surface area contributed by atoms with E-state index in [0.29, 0.717) is 0 Å². The summed E-state index contributed by atoms with van der Waals surface area (Å²) in [5.41, 5.74) is 11.1. The smallest absolute Gasteiger partial charge is 0.221 e. The molecule has 0 aromatic carbocycles. The maximum absolute atomic E-state index is 11.7. The lowest BCUT2D eigenvalue weighted by Crippen LogP contribution is -2.26. The molecule has 0 aliphatic rings. The summed E-state index contributed by atoms with van der Waals surface area (Å²) in [7, 11) is 3.33. The summed E-state index contributed by atoms with van der Waals surface area (Å²) in [5.74, 6) is 0.957. The predicted octanol–water partition coefficient (Wildman–Crippen LogP) is 6.07. The molecule has 0 rings (SSSR count). The summed E-state index contributed by atoms with van der Waals surface area (Å²) < 4.78 is 0. The van der Waals surface area contributed by atoms with Crippen molar-refractivity contribution in [2.45, 2.75) is 104 Å². The molecule has 2 amide bonds. The van der Waals surface area contributed by atoms with Gasteiger partial charge < -0.3 is 11.5 Å². The number of amides is 2. The van der Waals surface area contributed by atoms with Gasteiger partial charge in [0.1, 0.15) is 0 Å². The van der Waals surface area contributed by atoms with Gasteiger partial charge in [0.2, 0.25) is 11.8 Å². The summed E-state index contributed by atoms with van der Waals surface area (Å²) in [6.07, 6.45) is 16.5. The van der Waals surface area contributed by atoms with Gasteiger partial charge in [-0.2, -0.15) is 0 Å². The Bertz CT molecular complexity index is 359. The van der Waals surface area contributed by atoms with Gasteiger partial charge in [0, 0.05) is 23.3 Å². The van der Waals surface area contributed by atoms with Gasteiger partial charge in [-0.15, -0.1) is 0 Å². The van der Waals surface area contributed by atoms with Crippen LogP contribution >= 0.6 is 21.6 Å². The van der Waals surface area contributed by atoms with Crippen molar-refractivity contribution in [2.75, 3.05) is 11.5 Å². The van der Waals surface area contributed by atoms with Crippen LogP contribution in [0, 0.1) is 11.8 Å². The van der Waals surface area contributed by atoms with Crippen LogP contribution < -0.4 is 11.5 Å². The molecule has 4 N–H and O–H groups in total. The van der Waals surface area contributed by atoms with Gasteiger partial charge in [0.05, 0.1) is 0 Å². The van der Waals surface area contributed by atoms with E-state index in [1.54, 1.807) is 21.6 Å². The first kappa shape index (κ1) is 27.6. The van der Waals surface area contributed by atoms with E-state index in [9.17, 15) is 9.59 Å². The molecular weight excluding hydrogens is 388 g/mol. The molecule has 0 bridgehead atoms. The lowest BCUT2D eigenvalue weighted by molar-refractivity contribution is -0.122. The Kier molecular flexibility index (Phi) is 19.7. The molecule has 0 saturated carbocycles. The van der Waals surface area contributed by atoms with E-state index < -0.39 is 0 Å². The van der Waals surface area contributed by atoms with Crippen LogP contribution in [-0.2, 0) is 9.59 Å². The van der Waals surface area contributed by atoms with E-state index >= 15 is 0 Å². The lowest BCUT2D eigenvalue weighted by Gasteiger charge is -2.15. The summed E-state index contributed by atoms with van der Waals surface area (Å²) in [5, 5.41) is 0. The average molecular weight is 433 g/mol. The van der Waals surface area contributed by atoms with Crippen LogP contribution in [0.3, 0.4) is 0 Å². The highest BCUT2D eigenvalue weighted by atomic mass is 33.1. The fourth-order valence-corrected chi connectivity index (χ4v) is 5.96. The SMILES string of the molecule is CCCCCCCC[C@H](CSSC[C@H](CCCCCCCC)C(N)=O)C(N)=O. The van der Waals surface area contributed by atoms with Gasteiger partial charge in [-0.3, -0.25) is 9.59 Å². The van der Waals surface area contributed by atoms with E-state index in [1.165, 1.54) is 64.2 Å². The maximum Gasteiger partial charge on any atom is 0.221 e. The molecule has 0 aromatic heterocycles. The Hall–Kier alpha value is -0.360. The zero-order chi connectivity index (χ0) is 21.0. The number of nitrogens with two attached hydrogens (primary N) is 2. The van der Waals surface area contributed by atoms with E-state index in [1.807, 2.05) is 0 Å². The molecule has 0 fully saturated rings. The predicted molar refractivity (Wildman–Crippen MR) is 126 cm³/mol. The lowest BCUT2D eigenvalue weighted by atomic mass is 10.0. The van der Waals surface area contributed by atoms with E-state index in [4.69, 9.17) is 11.5 Å². The highest BCUT2D eigenvalue weighted by Crippen LogP contribution is 2.29. The van der Waals surface area contributed by atoms with Crippen LogP contribution in [0.1, 0.15) is 104 Å². The first-order valence-electron chi connectivity index (χ1n) is 11.4. The standard InChI is InChI=1S/C22H44N2O2S2/c1-3-5-7-9-11-13-15-19(21(23)25)17-27-28-18-20(22(24)26)16-14-12-10-8-6-4-2/h19-20H,3-18H2,1-2H3,(H2,23,25)(H2,24,26)/t19-,20+. The third-order valence-corrected chi connectivity index (χ3v) is 7.80. The molecule has 0 aliphatic carbocycles. The van der Waals surface area contributed by atoms with Crippen molar-refractivity contribution in [3.63, 3.8) is 0 Å². The maximum atomic E-state index is 11.7. The average Bonchev–Trinajstić information content (AvgIpc) is 2.66. The molecule has 28 heavy (non-hydrogen) atoms. The van der Waals surface area contributed by atoms with Crippen LogP contribution in [0.4, 0.5) is 0 Å². The van der Waals surface area contributed by atoms with Crippen molar-refractivity contribution in [1.29, 1.82) is 0 Å². The van der Waals surface area contributed by atoms with Crippen LogP contribution in [-0.4, -0.2) is 23.3 Å². The van der Waals surface area contributed by atoms with Gasteiger partial charge in [-0.25, -0.2) is 0 Å². The Morgan fingerprint density at radius 3 is 1.25 bits per heavy atom. The van der Waals surface area contributed by atoms with Crippen molar-refractivity contribution in [1.82, 2.24) is 0 Å². The molecule has 0 radical (unpaired) electrons. The van der Waals surface area contributed by atoms with E-state index in [0.717, 1.165) is 37.2 Å². The number of rotatable bonds is 21. The fraction of sp³-hybridized carbons (Fsp3) is 0.909. The molecule has 4 nitrogen and oxygen atoms in total. The molecule has 166 valence electrons. The van der Waals surface area contributed by atoms with Crippen molar-refractivity contribution >= 4 is 33.4 Å². The Morgan fingerprint density at radius 1 is 0.607 bits per heavy atom. The van der Waals surface area contributed by atoms with Crippen LogP contribution in [0.25, 0.3) is 0 Å². The first-order valence-corrected chi connectivity index (χ1v) is 13.8. The quantitative estimate of drug-likeness (QED) is 0.170. The van der Waals surface area contributed by atoms with Crippen LogP contribution in [0.15, 0.2) is 0 Å². The number of carbonyl (C=O) groups excluding carboxylic acids is 2. The summed E-state index contributed by atoms with van der Waals surface area (Å²) >= 11 is 0. The molecule has 0 aliphatic heterocycles. The minimum Gasteiger partial charge on any atom is -0.369 e. The molecule has 0 aromatic rings. The second kappa shape index (κ2) is 19.9. The second-order valence-electron chi connectivity index (χ2n) is 7.88. The highest BCUT2D eigenvalue weighted by molar-refractivity contribution is 8.76. The monoisotopic (exact) mass is 432 g/mol. The molecular formula is C22H44N2O2S2. The third-order valence-electron chi connectivity index (χ3n) is 5.24. The molecule has 0 spiro atoms. The zero-order valence-corrected chi connectivity index (χ0v) is 19.9. The molecule has 0 unspecified atom stereocenters. The minimum atomic E-state index is -0.194. The second-order valence-corrected chi connectivity index (χ2v) is 10.4. The molecule has 0 saturated heterocycles. The normalized spacial score (nSPS) is 13.4. The van der Waals surface area contributed by atoms with Crippen molar-refractivity contribution < 1.29 is 9.59 Å². The van der Waals surface area contributed by atoms with E-state index in [2.05, 4.69) is 13.8 Å². The number of unbranched alkanes of at least 4 members (excludes halogenated alkanes) is 10. The Balaban J connectivity index is 3.92. The highest BCUT2D eigenvalue weighted by Gasteiger charge is 2.18. The van der Waals surface area contributed by atoms with E-state index in [-0.39, 0.29) is 23.7 Å². The zero-order valence-electron chi connectivity index (χ0n) is 18.3. The molecule has 0 heterocycles. The van der Waals surface area contributed by atoms with Gasteiger partial charge in [-0.05, 0) is 12.8 Å². The number of carbonyl (C=O) groups is 2. The van der Waals surface area contributed by atoms with Gasteiger partial charge >= 0.3 is 0 Å². The summed E-state index contributed by atoms with van der Waals surface area (Å²) in [4.78, 5) is 23.4. The summed E-state index contributed by atoms with van der Waals surface area (Å²) in [6.45, 7) is 4.43. The Morgan fingerprint density at radius 2 is 0.929 bits per heavy atom. The van der Waals surface area contributed by atoms with Gasteiger partial charge in [0.25, 0.3) is 0 Å². The third kappa shape index (κ3) is 16.6. The minimum absolute atomic E-state index is 0.0609. The first-order chi connectivity index (χ1) is 13.5. The largest absolute Gasteiger partial charge is 0.369 e. The fourth-order valence-electron chi connectivity index (χ4n) is 3.22. The van der Waals surface area contributed by atoms with Crippen molar-refractivity contribution in [3.05, 3.63) is 0 Å². The summed E-state index contributed by atoms with van der Waals surface area (Å²) in [6, 6.07) is 0. The van der Waals surface area contributed by atoms with Crippen LogP contribution in [0.2, 0.25) is 0 Å². The molecule has 2 atom stereocenters. The van der Waals surface area contributed by atoms with Crippen LogP contribution in [0.5, 0.6) is 0 Å². The Labute approximate surface area is 181 Å². The number of primary amides is 2. The van der Waals surface area contributed by atoms with Crippen molar-refractivity contribution in [2.24, 2.45) is 23.3 Å². The van der Waals surface area contributed by atoms with Gasteiger partial charge in [-0.1, -0.05) is 112 Å². The molecule has 6 heteroatoms. The number of hydrogen-bond donors (Lipinski definition) is 2. The van der Waals surface area contributed by atoms with Crippen molar-refractivity contribution in [3.8, 4) is 0 Å². The van der Waals surface area contributed by atoms with Gasteiger partial charge in [0.15, 0.2) is 0 Å². The number of hydrogen-bond acceptors (Lipinski definition) is 4. The topological polar surface area (TPSA) is 86.2 Å².